The number of aromatic hydroxyl groups is 2. The third-order valence-electron chi connectivity index (χ3n) is 3.22. The smallest absolute Gasteiger partial charge is 0.141 e. The number of phenolic OH excluding ortho intramolecular Hbond substituents is 2. The van der Waals surface area contributed by atoms with Crippen LogP contribution in [0, 0.1) is 0 Å². The summed E-state index contributed by atoms with van der Waals surface area (Å²) in [6.45, 7) is 0. The number of nitrogens with zero attached hydrogens (tertiary/aromatic N) is 1. The SMILES string of the molecule is Oc1ccc(Cl)cc1N=Cc1c(O)ccc2ccccc12. The lowest BCUT2D eigenvalue weighted by atomic mass is 10.0. The van der Waals surface area contributed by atoms with Crippen molar-refractivity contribution in [3.8, 4) is 11.5 Å². The fourth-order valence-corrected chi connectivity index (χ4v) is 2.32. The molecule has 0 spiro atoms. The molecule has 0 fully saturated rings. The van der Waals surface area contributed by atoms with Crippen LogP contribution in [-0.2, 0) is 0 Å². The first-order chi connectivity index (χ1) is 10.1. The molecular weight excluding hydrogens is 286 g/mol. The van der Waals surface area contributed by atoms with Gasteiger partial charge in [-0.25, -0.2) is 0 Å². The van der Waals surface area contributed by atoms with Crippen LogP contribution < -0.4 is 0 Å². The van der Waals surface area contributed by atoms with Crippen LogP contribution in [0.5, 0.6) is 11.5 Å². The Balaban J connectivity index is 2.11. The molecule has 0 saturated heterocycles. The third-order valence-corrected chi connectivity index (χ3v) is 3.45. The van der Waals surface area contributed by atoms with Crippen molar-refractivity contribution in [2.45, 2.75) is 0 Å². The van der Waals surface area contributed by atoms with E-state index in [4.69, 9.17) is 11.6 Å². The Kier molecular flexibility index (Phi) is 3.50. The quantitative estimate of drug-likeness (QED) is 0.676. The maximum absolute atomic E-state index is 10.0. The van der Waals surface area contributed by atoms with E-state index in [0.717, 1.165) is 10.8 Å². The average Bonchev–Trinajstić information content (AvgIpc) is 2.49. The van der Waals surface area contributed by atoms with Crippen molar-refractivity contribution in [3.63, 3.8) is 0 Å². The maximum atomic E-state index is 10.0. The van der Waals surface area contributed by atoms with Gasteiger partial charge in [0.15, 0.2) is 0 Å². The number of fused-ring (bicyclic) bond motifs is 1. The summed E-state index contributed by atoms with van der Waals surface area (Å²) in [6.07, 6.45) is 1.53. The van der Waals surface area contributed by atoms with Crippen molar-refractivity contribution in [2.75, 3.05) is 0 Å². The van der Waals surface area contributed by atoms with Gasteiger partial charge in [0.05, 0.1) is 0 Å². The molecule has 0 aliphatic heterocycles. The molecule has 0 bridgehead atoms. The zero-order chi connectivity index (χ0) is 14.8. The molecule has 104 valence electrons. The summed E-state index contributed by atoms with van der Waals surface area (Å²) in [5.41, 5.74) is 0.960. The van der Waals surface area contributed by atoms with Crippen molar-refractivity contribution < 1.29 is 10.2 Å². The lowest BCUT2D eigenvalue weighted by Gasteiger charge is -2.05. The largest absolute Gasteiger partial charge is 0.507 e. The normalized spacial score (nSPS) is 11.3. The molecule has 3 aromatic carbocycles. The van der Waals surface area contributed by atoms with Crippen LogP contribution in [0.3, 0.4) is 0 Å². The highest BCUT2D eigenvalue weighted by atomic mass is 35.5. The fraction of sp³-hybridized carbons (Fsp3) is 0. The van der Waals surface area contributed by atoms with Gasteiger partial charge in [-0.15, -0.1) is 0 Å². The highest BCUT2D eigenvalue weighted by Crippen LogP contribution is 2.31. The molecule has 0 aliphatic carbocycles. The molecule has 3 rings (SSSR count). The van der Waals surface area contributed by atoms with Gasteiger partial charge in [-0.1, -0.05) is 41.9 Å². The highest BCUT2D eigenvalue weighted by molar-refractivity contribution is 6.30. The lowest BCUT2D eigenvalue weighted by Crippen LogP contribution is -1.86. The van der Waals surface area contributed by atoms with Crippen molar-refractivity contribution in [3.05, 3.63) is 65.2 Å². The van der Waals surface area contributed by atoms with Gasteiger partial charge in [-0.2, -0.15) is 0 Å². The summed E-state index contributed by atoms with van der Waals surface area (Å²) in [5.74, 6) is 0.175. The molecular formula is C17H12ClNO2. The number of halogens is 1. The molecule has 0 aliphatic rings. The highest BCUT2D eigenvalue weighted by Gasteiger charge is 2.05. The number of rotatable bonds is 2. The monoisotopic (exact) mass is 297 g/mol. The summed E-state index contributed by atoms with van der Waals surface area (Å²) in [6, 6.07) is 15.8. The van der Waals surface area contributed by atoms with E-state index in [-0.39, 0.29) is 11.5 Å². The molecule has 0 heterocycles. The van der Waals surface area contributed by atoms with E-state index in [1.54, 1.807) is 18.2 Å². The van der Waals surface area contributed by atoms with Gasteiger partial charge in [-0.3, -0.25) is 4.99 Å². The Morgan fingerprint density at radius 3 is 2.52 bits per heavy atom. The second-order valence-electron chi connectivity index (χ2n) is 4.61. The standard InChI is InChI=1S/C17H12ClNO2/c18-12-6-8-17(21)15(9-12)19-10-14-13-4-2-1-3-11(13)5-7-16(14)20/h1-10,20-21H. The second kappa shape index (κ2) is 5.46. The van der Waals surface area contributed by atoms with Crippen LogP contribution >= 0.6 is 11.6 Å². The number of hydrogen-bond acceptors (Lipinski definition) is 3. The second-order valence-corrected chi connectivity index (χ2v) is 5.05. The molecule has 4 heteroatoms. The van der Waals surface area contributed by atoms with Crippen molar-refractivity contribution in [2.24, 2.45) is 4.99 Å². The number of phenols is 2. The topological polar surface area (TPSA) is 52.8 Å². The first-order valence-electron chi connectivity index (χ1n) is 6.38. The Bertz CT molecular complexity index is 843. The van der Waals surface area contributed by atoms with Gasteiger partial charge in [0.1, 0.15) is 17.2 Å². The van der Waals surface area contributed by atoms with E-state index < -0.39 is 0 Å². The Morgan fingerprint density at radius 2 is 1.67 bits per heavy atom. The van der Waals surface area contributed by atoms with E-state index in [1.165, 1.54) is 12.3 Å². The first-order valence-corrected chi connectivity index (χ1v) is 6.76. The van der Waals surface area contributed by atoms with Crippen molar-refractivity contribution >= 4 is 34.3 Å². The Hall–Kier alpha value is -2.52. The number of benzene rings is 3. The summed E-state index contributed by atoms with van der Waals surface area (Å²) in [7, 11) is 0. The van der Waals surface area contributed by atoms with Gasteiger partial charge in [0.2, 0.25) is 0 Å². The van der Waals surface area contributed by atoms with Gasteiger partial charge in [-0.05, 0) is 35.0 Å². The molecule has 0 saturated carbocycles. The van der Waals surface area contributed by atoms with Gasteiger partial charge in [0, 0.05) is 16.8 Å². The van der Waals surface area contributed by atoms with Crippen LogP contribution in [0.25, 0.3) is 10.8 Å². The molecule has 21 heavy (non-hydrogen) atoms. The average molecular weight is 298 g/mol. The summed E-state index contributed by atoms with van der Waals surface area (Å²) in [5, 5.41) is 22.2. The van der Waals surface area contributed by atoms with Crippen LogP contribution in [0.1, 0.15) is 5.56 Å². The molecule has 0 aromatic heterocycles. The minimum absolute atomic E-state index is 0.0374. The molecule has 2 N–H and O–H groups in total. The minimum atomic E-state index is 0.0374. The van der Waals surface area contributed by atoms with E-state index in [0.29, 0.717) is 16.3 Å². The third kappa shape index (κ3) is 2.69. The molecule has 3 aromatic rings. The maximum Gasteiger partial charge on any atom is 0.141 e. The van der Waals surface area contributed by atoms with Crippen molar-refractivity contribution in [1.29, 1.82) is 0 Å². The van der Waals surface area contributed by atoms with E-state index in [9.17, 15) is 10.2 Å². The van der Waals surface area contributed by atoms with E-state index in [2.05, 4.69) is 4.99 Å². The van der Waals surface area contributed by atoms with Crippen LogP contribution in [0.4, 0.5) is 5.69 Å². The van der Waals surface area contributed by atoms with E-state index >= 15 is 0 Å². The molecule has 3 nitrogen and oxygen atoms in total. The predicted molar refractivity (Wildman–Crippen MR) is 86.0 cm³/mol. The first kappa shape index (κ1) is 13.5. The molecule has 0 unspecified atom stereocenters. The zero-order valence-corrected chi connectivity index (χ0v) is 11.7. The lowest BCUT2D eigenvalue weighted by molar-refractivity contribution is 0.474. The van der Waals surface area contributed by atoms with E-state index in [1.807, 2.05) is 30.3 Å². The Morgan fingerprint density at radius 1 is 0.905 bits per heavy atom. The number of hydrogen-bond donors (Lipinski definition) is 2. The zero-order valence-electron chi connectivity index (χ0n) is 11.0. The van der Waals surface area contributed by atoms with Crippen LogP contribution in [-0.4, -0.2) is 16.4 Å². The minimum Gasteiger partial charge on any atom is -0.507 e. The van der Waals surface area contributed by atoms with Gasteiger partial charge >= 0.3 is 0 Å². The van der Waals surface area contributed by atoms with Crippen LogP contribution in [0.15, 0.2) is 59.6 Å². The summed E-state index contributed by atoms with van der Waals surface area (Å²) >= 11 is 5.89. The fourth-order valence-electron chi connectivity index (χ4n) is 2.15. The van der Waals surface area contributed by atoms with Crippen LogP contribution in [0.2, 0.25) is 5.02 Å². The molecule has 0 radical (unpaired) electrons. The van der Waals surface area contributed by atoms with Gasteiger partial charge < -0.3 is 10.2 Å². The predicted octanol–water partition coefficient (Wildman–Crippen LogP) is 4.66. The summed E-state index contributed by atoms with van der Waals surface area (Å²) in [4.78, 5) is 4.23. The Labute approximate surface area is 126 Å². The van der Waals surface area contributed by atoms with Crippen molar-refractivity contribution in [1.82, 2.24) is 0 Å². The number of aliphatic imine (C=N–C) groups is 1. The molecule has 0 amide bonds. The molecule has 0 atom stereocenters. The van der Waals surface area contributed by atoms with Gasteiger partial charge in [0.25, 0.3) is 0 Å². The summed E-state index contributed by atoms with van der Waals surface area (Å²) < 4.78 is 0.